The van der Waals surface area contributed by atoms with Crippen LogP contribution >= 0.6 is 0 Å². The third kappa shape index (κ3) is 4.74. The molecule has 0 saturated carbocycles. The van der Waals surface area contributed by atoms with Crippen molar-refractivity contribution in [2.45, 2.75) is 24.8 Å². The Morgan fingerprint density at radius 3 is 2.10 bits per heavy atom. The number of ether oxygens (including phenoxy) is 1. The summed E-state index contributed by atoms with van der Waals surface area (Å²) in [7, 11) is 0. The molecule has 0 aliphatic heterocycles. The van der Waals surface area contributed by atoms with Gasteiger partial charge in [0.2, 0.25) is 0 Å². The van der Waals surface area contributed by atoms with E-state index in [1.54, 1.807) is 12.1 Å². The van der Waals surface area contributed by atoms with Crippen molar-refractivity contribution >= 4 is 12.1 Å². The van der Waals surface area contributed by atoms with Crippen LogP contribution in [0.3, 0.4) is 0 Å². The fraction of sp³-hybridized carbons (Fsp3) is 0.200. The molecule has 3 aromatic rings. The Morgan fingerprint density at radius 1 is 0.935 bits per heavy atom. The Kier molecular flexibility index (Phi) is 5.98. The van der Waals surface area contributed by atoms with Gasteiger partial charge in [0.25, 0.3) is 0 Å². The summed E-state index contributed by atoms with van der Waals surface area (Å²) in [6.07, 6.45) is -0.673. The number of aliphatic carboxylic acids is 1. The van der Waals surface area contributed by atoms with Gasteiger partial charge in [0.15, 0.2) is 0 Å². The van der Waals surface area contributed by atoms with E-state index in [1.165, 1.54) is 12.1 Å². The maximum Gasteiger partial charge on any atom is 0.407 e. The topological polar surface area (TPSA) is 75.6 Å². The van der Waals surface area contributed by atoms with Crippen LogP contribution in [0.15, 0.2) is 72.8 Å². The molecule has 3 aromatic carbocycles. The first-order valence-electron chi connectivity index (χ1n) is 10.1. The Bertz CT molecular complexity index is 1050. The number of amides is 1. The normalized spacial score (nSPS) is 13.2. The first-order valence-corrected chi connectivity index (χ1v) is 10.1. The summed E-state index contributed by atoms with van der Waals surface area (Å²) in [5.41, 5.74) is 5.20. The van der Waals surface area contributed by atoms with Crippen molar-refractivity contribution in [1.29, 1.82) is 0 Å². The van der Waals surface area contributed by atoms with Crippen molar-refractivity contribution < 1.29 is 23.8 Å². The second-order valence-corrected chi connectivity index (χ2v) is 7.60. The first-order chi connectivity index (χ1) is 15.0. The van der Waals surface area contributed by atoms with Crippen LogP contribution in [0, 0.1) is 5.82 Å². The molecule has 1 aliphatic rings. The highest BCUT2D eigenvalue weighted by atomic mass is 19.1. The molecule has 0 spiro atoms. The minimum absolute atomic E-state index is 0.0758. The predicted octanol–water partition coefficient (Wildman–Crippen LogP) is 4.75. The Morgan fingerprint density at radius 2 is 1.52 bits per heavy atom. The molecule has 0 fully saturated rings. The molecular weight excluding hydrogens is 397 g/mol. The Labute approximate surface area is 179 Å². The van der Waals surface area contributed by atoms with Crippen molar-refractivity contribution in [3.05, 3.63) is 95.3 Å². The lowest BCUT2D eigenvalue weighted by atomic mass is 9.98. The third-order valence-corrected chi connectivity index (χ3v) is 5.48. The quantitative estimate of drug-likeness (QED) is 0.580. The van der Waals surface area contributed by atoms with Gasteiger partial charge < -0.3 is 15.2 Å². The maximum absolute atomic E-state index is 13.1. The van der Waals surface area contributed by atoms with Gasteiger partial charge in [0.1, 0.15) is 12.4 Å². The molecular formula is C25H22FNO4. The molecule has 6 heteroatoms. The number of carboxylic acid groups (broad SMARTS) is 1. The number of hydrogen-bond donors (Lipinski definition) is 2. The van der Waals surface area contributed by atoms with Crippen molar-refractivity contribution in [1.82, 2.24) is 5.32 Å². The van der Waals surface area contributed by atoms with Crippen LogP contribution in [0.1, 0.15) is 29.0 Å². The Hall–Kier alpha value is -3.67. The number of carboxylic acids is 1. The second kappa shape index (κ2) is 9.00. The molecule has 1 unspecified atom stereocenters. The number of carbonyl (C=O) groups excluding carboxylic acids is 1. The fourth-order valence-corrected chi connectivity index (χ4v) is 4.10. The van der Waals surface area contributed by atoms with E-state index >= 15 is 0 Å². The maximum atomic E-state index is 13.1. The van der Waals surface area contributed by atoms with Crippen LogP contribution in [0.4, 0.5) is 9.18 Å². The minimum atomic E-state index is -1.04. The third-order valence-electron chi connectivity index (χ3n) is 5.48. The van der Waals surface area contributed by atoms with Crippen LogP contribution in [-0.4, -0.2) is 29.8 Å². The zero-order valence-electron chi connectivity index (χ0n) is 16.8. The lowest BCUT2D eigenvalue weighted by molar-refractivity contribution is -0.137. The highest BCUT2D eigenvalue weighted by Crippen LogP contribution is 2.44. The van der Waals surface area contributed by atoms with Gasteiger partial charge >= 0.3 is 12.1 Å². The van der Waals surface area contributed by atoms with Gasteiger partial charge in [-0.1, -0.05) is 60.7 Å². The Balaban J connectivity index is 1.42. The summed E-state index contributed by atoms with van der Waals surface area (Å²) in [4.78, 5) is 23.7. The van der Waals surface area contributed by atoms with E-state index in [0.717, 1.165) is 27.8 Å². The molecule has 0 bridgehead atoms. The molecule has 4 rings (SSSR count). The smallest absolute Gasteiger partial charge is 0.407 e. The summed E-state index contributed by atoms with van der Waals surface area (Å²) >= 11 is 0. The van der Waals surface area contributed by atoms with E-state index in [1.807, 2.05) is 36.4 Å². The van der Waals surface area contributed by atoms with Gasteiger partial charge in [-0.3, -0.25) is 4.79 Å². The van der Waals surface area contributed by atoms with Gasteiger partial charge in [0.05, 0.1) is 6.42 Å². The van der Waals surface area contributed by atoms with Crippen molar-refractivity contribution in [2.75, 3.05) is 6.61 Å². The van der Waals surface area contributed by atoms with E-state index in [2.05, 4.69) is 17.4 Å². The number of alkyl carbamates (subject to hydrolysis) is 1. The van der Waals surface area contributed by atoms with Gasteiger partial charge in [-0.2, -0.15) is 0 Å². The largest absolute Gasteiger partial charge is 0.481 e. The summed E-state index contributed by atoms with van der Waals surface area (Å²) in [6, 6.07) is 21.2. The van der Waals surface area contributed by atoms with E-state index in [0.29, 0.717) is 0 Å². The fourth-order valence-electron chi connectivity index (χ4n) is 4.10. The number of benzene rings is 3. The van der Waals surface area contributed by atoms with Crippen LogP contribution in [0.5, 0.6) is 0 Å². The van der Waals surface area contributed by atoms with Crippen molar-refractivity contribution in [3.63, 3.8) is 0 Å². The molecule has 1 aliphatic carbocycles. The molecule has 1 amide bonds. The summed E-state index contributed by atoms with van der Waals surface area (Å²) in [5, 5.41) is 11.8. The number of rotatable bonds is 7. The second-order valence-electron chi connectivity index (χ2n) is 7.60. The first kappa shape index (κ1) is 20.6. The average molecular weight is 419 g/mol. The lowest BCUT2D eigenvalue weighted by Gasteiger charge is -2.19. The summed E-state index contributed by atoms with van der Waals surface area (Å²) in [6.45, 7) is 0.149. The average Bonchev–Trinajstić information content (AvgIpc) is 3.07. The number of fused-ring (bicyclic) bond motifs is 3. The van der Waals surface area contributed by atoms with Crippen LogP contribution < -0.4 is 5.32 Å². The van der Waals surface area contributed by atoms with E-state index in [9.17, 15) is 19.1 Å². The van der Waals surface area contributed by atoms with Gasteiger partial charge in [-0.05, 0) is 46.4 Å². The number of halogens is 1. The molecule has 0 saturated heterocycles. The standard InChI is InChI=1S/C25H22FNO4/c26-17-11-9-16(10-12-17)13-18(14-24(28)29)27-25(30)31-15-23-21-7-3-1-5-19(21)20-6-2-4-8-22(20)23/h1-12,18,23H,13-15H2,(H,27,30)(H,28,29). The van der Waals surface area contributed by atoms with Crippen molar-refractivity contribution in [3.8, 4) is 11.1 Å². The highest BCUT2D eigenvalue weighted by Gasteiger charge is 2.29. The number of carbonyl (C=O) groups is 2. The van der Waals surface area contributed by atoms with Crippen LogP contribution in [0.25, 0.3) is 11.1 Å². The zero-order valence-corrected chi connectivity index (χ0v) is 16.8. The molecule has 0 aromatic heterocycles. The highest BCUT2D eigenvalue weighted by molar-refractivity contribution is 5.79. The molecule has 2 N–H and O–H groups in total. The van der Waals surface area contributed by atoms with Gasteiger partial charge in [-0.25, -0.2) is 9.18 Å². The molecule has 5 nitrogen and oxygen atoms in total. The van der Waals surface area contributed by atoms with E-state index < -0.39 is 18.1 Å². The van der Waals surface area contributed by atoms with Crippen LogP contribution in [-0.2, 0) is 16.0 Å². The molecule has 31 heavy (non-hydrogen) atoms. The lowest BCUT2D eigenvalue weighted by Crippen LogP contribution is -2.39. The molecule has 0 heterocycles. The van der Waals surface area contributed by atoms with E-state index in [4.69, 9.17) is 4.74 Å². The molecule has 1 atom stereocenters. The predicted molar refractivity (Wildman–Crippen MR) is 114 cm³/mol. The summed E-state index contributed by atoms with van der Waals surface area (Å²) < 4.78 is 18.6. The van der Waals surface area contributed by atoms with Gasteiger partial charge in [0, 0.05) is 12.0 Å². The number of hydrogen-bond acceptors (Lipinski definition) is 3. The minimum Gasteiger partial charge on any atom is -0.481 e. The zero-order chi connectivity index (χ0) is 21.8. The molecule has 158 valence electrons. The van der Waals surface area contributed by atoms with Gasteiger partial charge in [-0.15, -0.1) is 0 Å². The molecule has 0 radical (unpaired) electrons. The SMILES string of the molecule is O=C(O)CC(Cc1ccc(F)cc1)NC(=O)OCC1c2ccccc2-c2ccccc21. The van der Waals surface area contributed by atoms with Crippen LogP contribution in [0.2, 0.25) is 0 Å². The summed E-state index contributed by atoms with van der Waals surface area (Å²) in [5.74, 6) is -1.48. The number of nitrogens with one attached hydrogen (secondary N) is 1. The van der Waals surface area contributed by atoms with Crippen molar-refractivity contribution in [2.24, 2.45) is 0 Å². The van der Waals surface area contributed by atoms with E-state index in [-0.39, 0.29) is 31.2 Å². The monoisotopic (exact) mass is 419 g/mol.